The van der Waals surface area contributed by atoms with Crippen molar-refractivity contribution in [3.8, 4) is 0 Å². The van der Waals surface area contributed by atoms with Gasteiger partial charge in [-0.3, -0.25) is 9.48 Å². The number of amides is 2. The summed E-state index contributed by atoms with van der Waals surface area (Å²) in [5, 5.41) is 21.5. The van der Waals surface area contributed by atoms with Crippen molar-refractivity contribution in [1.82, 2.24) is 25.4 Å². The van der Waals surface area contributed by atoms with Gasteiger partial charge in [-0.2, -0.15) is 5.10 Å². The van der Waals surface area contributed by atoms with Crippen LogP contribution >= 0.6 is 0 Å². The number of hydrogen-bond acceptors (Lipinski definition) is 7. The molecular weight excluding hydrogens is 428 g/mol. The Bertz CT molecular complexity index is 1000. The average molecular weight is 457 g/mol. The smallest absolute Gasteiger partial charge is 0.407 e. The number of carbonyl (C=O) groups excluding carboxylic acids is 2. The molecule has 4 N–H and O–H groups in total. The maximum absolute atomic E-state index is 12.4. The van der Waals surface area contributed by atoms with Gasteiger partial charge in [0.1, 0.15) is 11.9 Å². The normalized spacial score (nSPS) is 13.2. The molecule has 1 aliphatic heterocycles. The monoisotopic (exact) mass is 456 g/mol. The summed E-state index contributed by atoms with van der Waals surface area (Å²) >= 11 is 0. The van der Waals surface area contributed by atoms with Crippen molar-refractivity contribution in [3.63, 3.8) is 0 Å². The van der Waals surface area contributed by atoms with Gasteiger partial charge in [-0.25, -0.2) is 14.6 Å². The van der Waals surface area contributed by atoms with Crippen molar-refractivity contribution < 1.29 is 24.2 Å². The molecule has 3 rings (SSSR count). The quantitative estimate of drug-likeness (QED) is 0.293. The first-order valence-electron chi connectivity index (χ1n) is 10.8. The zero-order chi connectivity index (χ0) is 23.6. The molecule has 0 aromatic carbocycles. The van der Waals surface area contributed by atoms with Crippen LogP contribution in [0.3, 0.4) is 0 Å². The Labute approximate surface area is 191 Å². The summed E-state index contributed by atoms with van der Waals surface area (Å²) in [4.78, 5) is 40.0. The number of fused-ring (bicyclic) bond motifs is 1. The van der Waals surface area contributed by atoms with Gasteiger partial charge >= 0.3 is 12.1 Å². The Morgan fingerprint density at radius 3 is 3.00 bits per heavy atom. The number of aromatic nitrogens is 3. The Morgan fingerprint density at radius 1 is 1.36 bits per heavy atom. The van der Waals surface area contributed by atoms with Gasteiger partial charge in [-0.05, 0) is 30.9 Å². The molecular formula is C22H28N6O5. The number of rotatable bonds is 11. The van der Waals surface area contributed by atoms with Gasteiger partial charge in [-0.15, -0.1) is 6.58 Å². The maximum atomic E-state index is 12.4. The third-order valence-corrected chi connectivity index (χ3v) is 5.06. The number of carboxylic acids is 1. The van der Waals surface area contributed by atoms with Crippen LogP contribution in [0, 0.1) is 0 Å². The van der Waals surface area contributed by atoms with Crippen LogP contribution in [-0.4, -0.2) is 63.6 Å². The van der Waals surface area contributed by atoms with E-state index in [9.17, 15) is 19.5 Å². The fourth-order valence-corrected chi connectivity index (χ4v) is 3.26. The standard InChI is InChI=1S/C22H28N6O5/c1-2-3-11-33-22(32)27-18(21(30)31)13-24-20(29)16-12-25-28(14-16)10-8-17-7-6-15-5-4-9-23-19(15)26-17/h2,6-7,12,14,18H,1,3-5,8-11,13H2,(H,23,26)(H,24,29)(H,27,32)(H,30,31). The van der Waals surface area contributed by atoms with Gasteiger partial charge in [0, 0.05) is 37.9 Å². The summed E-state index contributed by atoms with van der Waals surface area (Å²) in [7, 11) is 0. The fraction of sp³-hybridized carbons (Fsp3) is 0.409. The summed E-state index contributed by atoms with van der Waals surface area (Å²) in [6.07, 6.45) is 6.92. The van der Waals surface area contributed by atoms with Crippen molar-refractivity contribution in [2.75, 3.05) is 25.0 Å². The molecule has 11 heteroatoms. The summed E-state index contributed by atoms with van der Waals surface area (Å²) in [5.41, 5.74) is 2.44. The van der Waals surface area contributed by atoms with E-state index in [1.807, 2.05) is 6.07 Å². The van der Waals surface area contributed by atoms with E-state index >= 15 is 0 Å². The largest absolute Gasteiger partial charge is 0.480 e. The SMILES string of the molecule is C=CCCOC(=O)NC(CNC(=O)c1cnn(CCc2ccc3c(n2)NCCC3)c1)C(=O)O. The van der Waals surface area contributed by atoms with Gasteiger partial charge in [0.25, 0.3) is 5.91 Å². The number of aryl methyl sites for hydroxylation is 3. The lowest BCUT2D eigenvalue weighted by atomic mass is 10.1. The third-order valence-electron chi connectivity index (χ3n) is 5.06. The number of ether oxygens (including phenoxy) is 1. The predicted molar refractivity (Wildman–Crippen MR) is 120 cm³/mol. The number of nitrogens with zero attached hydrogens (tertiary/aromatic N) is 3. The van der Waals surface area contributed by atoms with Crippen LogP contribution in [0.25, 0.3) is 0 Å². The lowest BCUT2D eigenvalue weighted by Gasteiger charge is -2.17. The van der Waals surface area contributed by atoms with Crippen LogP contribution in [0.15, 0.2) is 37.2 Å². The highest BCUT2D eigenvalue weighted by Gasteiger charge is 2.22. The van der Waals surface area contributed by atoms with Crippen LogP contribution in [0.2, 0.25) is 0 Å². The molecule has 2 amide bonds. The van der Waals surface area contributed by atoms with Crippen molar-refractivity contribution in [1.29, 1.82) is 0 Å². The van der Waals surface area contributed by atoms with E-state index in [1.165, 1.54) is 11.8 Å². The van der Waals surface area contributed by atoms with E-state index < -0.39 is 24.0 Å². The number of pyridine rings is 1. The van der Waals surface area contributed by atoms with Crippen molar-refractivity contribution in [2.24, 2.45) is 0 Å². The molecule has 33 heavy (non-hydrogen) atoms. The highest BCUT2D eigenvalue weighted by Crippen LogP contribution is 2.19. The van der Waals surface area contributed by atoms with E-state index in [-0.39, 0.29) is 18.7 Å². The Balaban J connectivity index is 1.48. The van der Waals surface area contributed by atoms with Crippen LogP contribution in [0.1, 0.15) is 34.5 Å². The van der Waals surface area contributed by atoms with Gasteiger partial charge < -0.3 is 25.8 Å². The van der Waals surface area contributed by atoms with E-state index in [1.54, 1.807) is 17.0 Å². The van der Waals surface area contributed by atoms with Gasteiger partial charge in [0.05, 0.1) is 18.4 Å². The molecule has 1 aliphatic rings. The van der Waals surface area contributed by atoms with Crippen molar-refractivity contribution >= 4 is 23.8 Å². The van der Waals surface area contributed by atoms with Gasteiger partial charge in [0.2, 0.25) is 0 Å². The lowest BCUT2D eigenvalue weighted by Crippen LogP contribution is -2.48. The molecule has 11 nitrogen and oxygen atoms in total. The summed E-state index contributed by atoms with van der Waals surface area (Å²) < 4.78 is 6.46. The molecule has 0 bridgehead atoms. The molecule has 0 spiro atoms. The molecule has 2 aromatic rings. The number of carbonyl (C=O) groups is 3. The molecule has 176 valence electrons. The first-order valence-corrected chi connectivity index (χ1v) is 10.8. The van der Waals surface area contributed by atoms with Crippen molar-refractivity contribution in [3.05, 3.63) is 54.0 Å². The summed E-state index contributed by atoms with van der Waals surface area (Å²) in [6.45, 7) is 4.75. The van der Waals surface area contributed by atoms with E-state index in [0.717, 1.165) is 30.9 Å². The Hall–Kier alpha value is -3.89. The van der Waals surface area contributed by atoms with E-state index in [2.05, 4.69) is 38.7 Å². The highest BCUT2D eigenvalue weighted by atomic mass is 16.5. The Kier molecular flexibility index (Phi) is 8.39. The predicted octanol–water partition coefficient (Wildman–Crippen LogP) is 1.36. The summed E-state index contributed by atoms with van der Waals surface area (Å²) in [6, 6.07) is 2.77. The Morgan fingerprint density at radius 2 is 2.21 bits per heavy atom. The van der Waals surface area contributed by atoms with Gasteiger partial charge in [-0.1, -0.05) is 12.1 Å². The lowest BCUT2D eigenvalue weighted by molar-refractivity contribution is -0.139. The maximum Gasteiger partial charge on any atom is 0.407 e. The molecule has 1 unspecified atom stereocenters. The molecule has 2 aromatic heterocycles. The summed E-state index contributed by atoms with van der Waals surface area (Å²) in [5.74, 6) is -0.852. The minimum atomic E-state index is -1.33. The number of aliphatic carboxylic acids is 1. The number of alkyl carbamates (subject to hydrolysis) is 1. The second-order valence-corrected chi connectivity index (χ2v) is 7.54. The number of nitrogens with one attached hydrogen (secondary N) is 3. The first kappa shape index (κ1) is 23.8. The topological polar surface area (TPSA) is 147 Å². The van der Waals surface area contributed by atoms with E-state index in [0.29, 0.717) is 19.4 Å². The zero-order valence-corrected chi connectivity index (χ0v) is 18.2. The van der Waals surface area contributed by atoms with Crippen LogP contribution < -0.4 is 16.0 Å². The minimum absolute atomic E-state index is 0.0880. The number of carboxylic acid groups (broad SMARTS) is 1. The zero-order valence-electron chi connectivity index (χ0n) is 18.2. The molecule has 3 heterocycles. The van der Waals surface area contributed by atoms with Gasteiger partial charge in [0.15, 0.2) is 0 Å². The van der Waals surface area contributed by atoms with Crippen LogP contribution in [0.4, 0.5) is 10.6 Å². The van der Waals surface area contributed by atoms with Crippen molar-refractivity contribution in [2.45, 2.75) is 38.3 Å². The van der Waals surface area contributed by atoms with Crippen LogP contribution in [-0.2, 0) is 28.9 Å². The molecule has 0 saturated heterocycles. The molecule has 1 atom stereocenters. The average Bonchev–Trinajstić information content (AvgIpc) is 3.29. The number of hydrogen-bond donors (Lipinski definition) is 4. The second-order valence-electron chi connectivity index (χ2n) is 7.54. The second kappa shape index (κ2) is 11.7. The van der Waals surface area contributed by atoms with E-state index in [4.69, 9.17) is 4.74 Å². The highest BCUT2D eigenvalue weighted by molar-refractivity contribution is 5.94. The molecule has 0 radical (unpaired) electrons. The molecule has 0 fully saturated rings. The molecule has 0 aliphatic carbocycles. The molecule has 0 saturated carbocycles. The first-order chi connectivity index (χ1) is 16.0. The van der Waals surface area contributed by atoms with Crippen LogP contribution in [0.5, 0.6) is 0 Å². The fourth-order valence-electron chi connectivity index (χ4n) is 3.26. The third kappa shape index (κ3) is 7.06. The minimum Gasteiger partial charge on any atom is -0.480 e. The number of anilines is 1.